The van der Waals surface area contributed by atoms with Gasteiger partial charge in [-0.15, -0.1) is 10.2 Å². The number of anilines is 1. The van der Waals surface area contributed by atoms with Gasteiger partial charge >= 0.3 is 0 Å². The first-order valence-corrected chi connectivity index (χ1v) is 11.1. The highest BCUT2D eigenvalue weighted by atomic mass is 32.2. The molecular formula is C24H24N4O2S. The number of para-hydroxylation sites is 1. The van der Waals surface area contributed by atoms with Gasteiger partial charge in [-0.3, -0.25) is 9.36 Å². The number of amides is 1. The van der Waals surface area contributed by atoms with E-state index < -0.39 is 0 Å². The molecule has 1 amide bonds. The fraction of sp³-hybridized carbons (Fsp3) is 0.208. The van der Waals surface area contributed by atoms with Crippen molar-refractivity contribution in [2.45, 2.75) is 31.6 Å². The fourth-order valence-corrected chi connectivity index (χ4v) is 4.20. The van der Waals surface area contributed by atoms with Crippen molar-refractivity contribution in [3.05, 3.63) is 84.6 Å². The zero-order valence-electron chi connectivity index (χ0n) is 17.5. The van der Waals surface area contributed by atoms with Gasteiger partial charge in [0.2, 0.25) is 11.7 Å². The third-order valence-corrected chi connectivity index (χ3v) is 5.74. The van der Waals surface area contributed by atoms with E-state index in [9.17, 15) is 4.79 Å². The Balaban J connectivity index is 1.57. The molecule has 158 valence electrons. The van der Waals surface area contributed by atoms with Gasteiger partial charge in [0.05, 0.1) is 18.6 Å². The van der Waals surface area contributed by atoms with Gasteiger partial charge < -0.3 is 9.32 Å². The highest BCUT2D eigenvalue weighted by Crippen LogP contribution is 2.27. The minimum atomic E-state index is 0.0278. The number of rotatable bonds is 8. The monoisotopic (exact) mass is 432 g/mol. The summed E-state index contributed by atoms with van der Waals surface area (Å²) < 4.78 is 7.55. The first-order chi connectivity index (χ1) is 15.1. The number of carbonyl (C=O) groups excluding carboxylic acids is 1. The second-order valence-electron chi connectivity index (χ2n) is 7.34. The van der Waals surface area contributed by atoms with Crippen molar-refractivity contribution in [2.75, 3.05) is 10.7 Å². The molecule has 2 heterocycles. The third kappa shape index (κ3) is 4.88. The molecule has 0 saturated heterocycles. The summed E-state index contributed by atoms with van der Waals surface area (Å²) in [6, 6.07) is 23.6. The van der Waals surface area contributed by atoms with Crippen molar-refractivity contribution in [1.82, 2.24) is 14.8 Å². The van der Waals surface area contributed by atoms with Crippen molar-refractivity contribution in [3.8, 4) is 11.6 Å². The zero-order chi connectivity index (χ0) is 21.6. The maximum absolute atomic E-state index is 13.1. The molecule has 0 aliphatic carbocycles. The summed E-state index contributed by atoms with van der Waals surface area (Å²) in [5, 5.41) is 9.39. The molecule has 0 saturated carbocycles. The average molecular weight is 433 g/mol. The summed E-state index contributed by atoms with van der Waals surface area (Å²) in [6.45, 7) is 4.62. The maximum Gasteiger partial charge on any atom is 0.237 e. The van der Waals surface area contributed by atoms with Gasteiger partial charge in [-0.25, -0.2) is 0 Å². The number of nitrogens with zero attached hydrogens (tertiary/aromatic N) is 4. The van der Waals surface area contributed by atoms with Crippen LogP contribution in [0.1, 0.15) is 19.4 Å². The highest BCUT2D eigenvalue weighted by molar-refractivity contribution is 7.99. The van der Waals surface area contributed by atoms with E-state index in [1.54, 1.807) is 6.26 Å². The minimum Gasteiger partial charge on any atom is -0.461 e. The molecule has 0 aliphatic heterocycles. The molecule has 31 heavy (non-hydrogen) atoms. The van der Waals surface area contributed by atoms with Gasteiger partial charge in [-0.05, 0) is 43.7 Å². The molecule has 0 radical (unpaired) electrons. The highest BCUT2D eigenvalue weighted by Gasteiger charge is 2.22. The smallest absolute Gasteiger partial charge is 0.237 e. The Morgan fingerprint density at radius 2 is 1.71 bits per heavy atom. The molecule has 0 atom stereocenters. The van der Waals surface area contributed by atoms with E-state index in [2.05, 4.69) is 22.3 Å². The molecule has 4 rings (SSSR count). The summed E-state index contributed by atoms with van der Waals surface area (Å²) in [6.07, 6.45) is 1.62. The second kappa shape index (κ2) is 9.66. The number of aromatic nitrogens is 3. The van der Waals surface area contributed by atoms with Crippen LogP contribution in [0.5, 0.6) is 0 Å². The number of thioether (sulfide) groups is 1. The topological polar surface area (TPSA) is 64.2 Å². The number of furan rings is 1. The molecule has 0 fully saturated rings. The van der Waals surface area contributed by atoms with Crippen LogP contribution >= 0.6 is 11.8 Å². The zero-order valence-corrected chi connectivity index (χ0v) is 18.3. The van der Waals surface area contributed by atoms with Crippen LogP contribution in [-0.2, 0) is 11.3 Å². The van der Waals surface area contributed by atoms with Crippen LogP contribution < -0.4 is 4.90 Å². The largest absolute Gasteiger partial charge is 0.461 e. The van der Waals surface area contributed by atoms with Gasteiger partial charge in [-0.1, -0.05) is 60.3 Å². The van der Waals surface area contributed by atoms with Crippen LogP contribution in [0.2, 0.25) is 0 Å². The van der Waals surface area contributed by atoms with E-state index in [-0.39, 0.29) is 17.7 Å². The summed E-state index contributed by atoms with van der Waals surface area (Å²) >= 11 is 1.39. The molecule has 2 aromatic carbocycles. The molecule has 7 heteroatoms. The number of benzene rings is 2. The van der Waals surface area contributed by atoms with Gasteiger partial charge in [0.25, 0.3) is 0 Å². The molecule has 0 spiro atoms. The summed E-state index contributed by atoms with van der Waals surface area (Å²) in [5.41, 5.74) is 2.02. The average Bonchev–Trinajstić information content (AvgIpc) is 3.44. The fourth-order valence-electron chi connectivity index (χ4n) is 3.41. The van der Waals surface area contributed by atoms with Gasteiger partial charge in [-0.2, -0.15) is 0 Å². The van der Waals surface area contributed by atoms with E-state index in [1.807, 2.05) is 84.0 Å². The number of carbonyl (C=O) groups is 1. The lowest BCUT2D eigenvalue weighted by molar-refractivity contribution is -0.116. The van der Waals surface area contributed by atoms with Crippen LogP contribution in [0.15, 0.2) is 88.6 Å². The molecule has 0 N–H and O–H groups in total. The lowest BCUT2D eigenvalue weighted by Crippen LogP contribution is -2.38. The standard InChI is InChI=1S/C24H24N4O2S/c1-18(2)28(20-12-7-4-8-13-20)22(29)17-31-24-26-25-23(21-14-9-15-30-21)27(24)16-19-10-5-3-6-11-19/h3-15,18H,16-17H2,1-2H3. The molecule has 6 nitrogen and oxygen atoms in total. The van der Waals surface area contributed by atoms with Crippen molar-refractivity contribution in [1.29, 1.82) is 0 Å². The first kappa shape index (κ1) is 20.9. The summed E-state index contributed by atoms with van der Waals surface area (Å²) in [5.74, 6) is 1.58. The van der Waals surface area contributed by atoms with Crippen molar-refractivity contribution in [3.63, 3.8) is 0 Å². The molecule has 4 aromatic rings. The molecule has 0 unspecified atom stereocenters. The van der Waals surface area contributed by atoms with Crippen LogP contribution in [0.3, 0.4) is 0 Å². The molecular weight excluding hydrogens is 408 g/mol. The Bertz CT molecular complexity index is 1110. The lowest BCUT2D eigenvalue weighted by atomic mass is 10.2. The Kier molecular flexibility index (Phi) is 6.52. The van der Waals surface area contributed by atoms with Crippen LogP contribution in [0, 0.1) is 0 Å². The molecule has 2 aromatic heterocycles. The van der Waals surface area contributed by atoms with Crippen molar-refractivity contribution >= 4 is 23.4 Å². The third-order valence-electron chi connectivity index (χ3n) is 4.79. The van der Waals surface area contributed by atoms with Gasteiger partial charge in [0.15, 0.2) is 10.9 Å². The lowest BCUT2D eigenvalue weighted by Gasteiger charge is -2.26. The van der Waals surface area contributed by atoms with Crippen molar-refractivity contribution in [2.24, 2.45) is 0 Å². The molecule has 0 aliphatic rings. The summed E-state index contributed by atoms with van der Waals surface area (Å²) in [7, 11) is 0. The van der Waals surface area contributed by atoms with Crippen LogP contribution in [0.25, 0.3) is 11.6 Å². The van der Waals surface area contributed by atoms with E-state index in [0.717, 1.165) is 11.3 Å². The molecule has 0 bridgehead atoms. The van der Waals surface area contributed by atoms with E-state index in [0.29, 0.717) is 23.3 Å². The Hall–Kier alpha value is -3.32. The number of hydrogen-bond donors (Lipinski definition) is 0. The quantitative estimate of drug-likeness (QED) is 0.362. The van der Waals surface area contributed by atoms with E-state index in [1.165, 1.54) is 11.8 Å². The predicted octanol–water partition coefficient (Wildman–Crippen LogP) is 5.12. The summed E-state index contributed by atoms with van der Waals surface area (Å²) in [4.78, 5) is 14.9. The first-order valence-electron chi connectivity index (χ1n) is 10.1. The van der Waals surface area contributed by atoms with Crippen LogP contribution in [0.4, 0.5) is 5.69 Å². The second-order valence-corrected chi connectivity index (χ2v) is 8.28. The maximum atomic E-state index is 13.1. The Morgan fingerprint density at radius 3 is 2.35 bits per heavy atom. The minimum absolute atomic E-state index is 0.0278. The van der Waals surface area contributed by atoms with Gasteiger partial charge in [0.1, 0.15) is 0 Å². The normalized spacial score (nSPS) is 11.1. The SMILES string of the molecule is CC(C)N(C(=O)CSc1nnc(-c2ccco2)n1Cc1ccccc1)c1ccccc1. The predicted molar refractivity (Wildman–Crippen MR) is 123 cm³/mol. The Labute approximate surface area is 185 Å². The van der Waals surface area contributed by atoms with Crippen molar-refractivity contribution < 1.29 is 9.21 Å². The van der Waals surface area contributed by atoms with Gasteiger partial charge in [0, 0.05) is 11.7 Å². The van der Waals surface area contributed by atoms with E-state index >= 15 is 0 Å². The van der Waals surface area contributed by atoms with Crippen LogP contribution in [-0.4, -0.2) is 32.5 Å². The Morgan fingerprint density at radius 1 is 1.00 bits per heavy atom. The van der Waals surface area contributed by atoms with E-state index in [4.69, 9.17) is 4.42 Å². The number of hydrogen-bond acceptors (Lipinski definition) is 5.